The van der Waals surface area contributed by atoms with Crippen LogP contribution >= 0.6 is 0 Å². The van der Waals surface area contributed by atoms with Crippen LogP contribution in [0.2, 0.25) is 0 Å². The van der Waals surface area contributed by atoms with Crippen LogP contribution in [0.3, 0.4) is 0 Å². The van der Waals surface area contributed by atoms with E-state index in [1.165, 1.54) is 0 Å². The quantitative estimate of drug-likeness (QED) is 0.458. The van der Waals surface area contributed by atoms with Crippen LogP contribution in [0.15, 0.2) is 12.7 Å². The summed E-state index contributed by atoms with van der Waals surface area (Å²) in [6.45, 7) is 6.37. The lowest BCUT2D eigenvalue weighted by atomic mass is 10.3. The van der Waals surface area contributed by atoms with Gasteiger partial charge in [-0.1, -0.05) is 6.08 Å². The summed E-state index contributed by atoms with van der Waals surface area (Å²) in [7, 11) is 3.25. The molecule has 0 saturated carbocycles. The molecule has 0 rings (SSSR count). The molecule has 0 saturated heterocycles. The van der Waals surface area contributed by atoms with Crippen molar-refractivity contribution >= 4 is 0 Å². The fraction of sp³-hybridized carbons (Fsp3) is 0.750. The molecule has 0 amide bonds. The van der Waals surface area contributed by atoms with Crippen molar-refractivity contribution < 1.29 is 9.47 Å². The molecule has 0 spiro atoms. The van der Waals surface area contributed by atoms with Gasteiger partial charge in [-0.3, -0.25) is 0 Å². The number of hydrogen-bond donors (Lipinski definition) is 1. The van der Waals surface area contributed by atoms with Gasteiger partial charge in [-0.15, -0.1) is 6.58 Å². The Morgan fingerprint density at radius 1 is 1.45 bits per heavy atom. The fourth-order valence-corrected chi connectivity index (χ4v) is 0.870. The van der Waals surface area contributed by atoms with Crippen molar-refractivity contribution in [2.45, 2.75) is 19.3 Å². The Hall–Kier alpha value is -0.380. The Morgan fingerprint density at radius 2 is 2.00 bits per heavy atom. The van der Waals surface area contributed by atoms with Crippen molar-refractivity contribution in [1.82, 2.24) is 5.32 Å². The largest absolute Gasteiger partial charge is 0.354 e. The molecule has 0 aromatic carbocycles. The lowest BCUT2D eigenvalue weighted by Crippen LogP contribution is -2.39. The summed E-state index contributed by atoms with van der Waals surface area (Å²) in [4.78, 5) is 0. The monoisotopic (exact) mass is 159 g/mol. The molecule has 0 radical (unpaired) electrons. The number of hydrogen-bond acceptors (Lipinski definition) is 3. The molecule has 3 nitrogen and oxygen atoms in total. The zero-order chi connectivity index (χ0) is 8.69. The lowest BCUT2D eigenvalue weighted by molar-refractivity contribution is -0.118. The topological polar surface area (TPSA) is 30.5 Å². The maximum absolute atomic E-state index is 5.04. The number of nitrogens with one attached hydrogen (secondary N) is 1. The van der Waals surface area contributed by atoms with Crippen molar-refractivity contribution in [2.24, 2.45) is 0 Å². The van der Waals surface area contributed by atoms with Gasteiger partial charge in [-0.05, 0) is 6.92 Å². The van der Waals surface area contributed by atoms with Gasteiger partial charge in [-0.2, -0.15) is 0 Å². The second kappa shape index (κ2) is 6.34. The van der Waals surface area contributed by atoms with E-state index in [1.54, 1.807) is 20.3 Å². The minimum absolute atomic E-state index is 0.183. The molecule has 0 aliphatic carbocycles. The first-order valence-electron chi connectivity index (χ1n) is 3.66. The molecule has 1 atom stereocenters. The number of rotatable bonds is 6. The summed E-state index contributed by atoms with van der Waals surface area (Å²) < 4.78 is 10.1. The first-order valence-corrected chi connectivity index (χ1v) is 3.66. The molecule has 1 N–H and O–H groups in total. The molecule has 11 heavy (non-hydrogen) atoms. The summed E-state index contributed by atoms with van der Waals surface area (Å²) in [5, 5.41) is 3.17. The van der Waals surface area contributed by atoms with Gasteiger partial charge in [0.1, 0.15) is 0 Å². The molecule has 0 heterocycles. The van der Waals surface area contributed by atoms with Gasteiger partial charge in [0.15, 0.2) is 6.29 Å². The van der Waals surface area contributed by atoms with Gasteiger partial charge in [-0.25, -0.2) is 0 Å². The number of methoxy groups -OCH3 is 2. The Bertz CT molecular complexity index is 102. The van der Waals surface area contributed by atoms with E-state index >= 15 is 0 Å². The van der Waals surface area contributed by atoms with Crippen LogP contribution in [0, 0.1) is 0 Å². The van der Waals surface area contributed by atoms with Crippen molar-refractivity contribution in [3.8, 4) is 0 Å². The molecule has 0 aliphatic rings. The highest BCUT2D eigenvalue weighted by Crippen LogP contribution is 1.97. The maximum atomic E-state index is 5.04. The summed E-state index contributed by atoms with van der Waals surface area (Å²) in [6.07, 6.45) is 1.62. The van der Waals surface area contributed by atoms with E-state index in [-0.39, 0.29) is 12.3 Å². The Morgan fingerprint density at radius 3 is 2.36 bits per heavy atom. The summed E-state index contributed by atoms with van der Waals surface area (Å²) >= 11 is 0. The average molecular weight is 159 g/mol. The normalized spacial score (nSPS) is 13.5. The van der Waals surface area contributed by atoms with Crippen LogP contribution in [-0.4, -0.2) is 33.1 Å². The van der Waals surface area contributed by atoms with Crippen LogP contribution in [0.4, 0.5) is 0 Å². The predicted molar refractivity (Wildman–Crippen MR) is 45.5 cm³/mol. The van der Waals surface area contributed by atoms with Gasteiger partial charge in [0.2, 0.25) is 0 Å². The molecule has 66 valence electrons. The predicted octanol–water partition coefficient (Wildman–Crippen LogP) is 0.769. The smallest absolute Gasteiger partial charge is 0.171 e. The van der Waals surface area contributed by atoms with Crippen molar-refractivity contribution in [1.29, 1.82) is 0 Å². The minimum Gasteiger partial charge on any atom is -0.354 e. The maximum Gasteiger partial charge on any atom is 0.171 e. The Labute approximate surface area is 68.4 Å². The van der Waals surface area contributed by atoms with Gasteiger partial charge >= 0.3 is 0 Å². The third-order valence-electron chi connectivity index (χ3n) is 1.46. The van der Waals surface area contributed by atoms with Gasteiger partial charge < -0.3 is 14.8 Å². The van der Waals surface area contributed by atoms with Crippen LogP contribution in [-0.2, 0) is 9.47 Å². The van der Waals surface area contributed by atoms with Crippen LogP contribution in [0.25, 0.3) is 0 Å². The first-order chi connectivity index (χ1) is 5.26. The van der Waals surface area contributed by atoms with Crippen molar-refractivity contribution in [2.75, 3.05) is 20.8 Å². The van der Waals surface area contributed by atoms with E-state index < -0.39 is 0 Å². The Kier molecular flexibility index (Phi) is 6.12. The average Bonchev–Trinajstić information content (AvgIpc) is 2.03. The van der Waals surface area contributed by atoms with Gasteiger partial charge in [0.25, 0.3) is 0 Å². The highest BCUT2D eigenvalue weighted by Gasteiger charge is 2.13. The van der Waals surface area contributed by atoms with E-state index in [0.717, 1.165) is 6.54 Å². The van der Waals surface area contributed by atoms with E-state index in [1.807, 2.05) is 6.92 Å². The third kappa shape index (κ3) is 4.14. The van der Waals surface area contributed by atoms with E-state index in [0.29, 0.717) is 0 Å². The minimum atomic E-state index is -0.185. The highest BCUT2D eigenvalue weighted by atomic mass is 16.7. The fourth-order valence-electron chi connectivity index (χ4n) is 0.870. The Balaban J connectivity index is 3.59. The molecule has 0 bridgehead atoms. The zero-order valence-electron chi connectivity index (χ0n) is 7.46. The number of ether oxygens (including phenoxy) is 2. The van der Waals surface area contributed by atoms with Gasteiger partial charge in [0, 0.05) is 20.8 Å². The summed E-state index contributed by atoms with van der Waals surface area (Å²) in [6, 6.07) is 0.183. The summed E-state index contributed by atoms with van der Waals surface area (Å²) in [5.74, 6) is 0. The van der Waals surface area contributed by atoms with E-state index in [4.69, 9.17) is 9.47 Å². The van der Waals surface area contributed by atoms with Crippen LogP contribution in [0.1, 0.15) is 6.92 Å². The first kappa shape index (κ1) is 10.6. The summed E-state index contributed by atoms with van der Waals surface area (Å²) in [5.41, 5.74) is 0. The van der Waals surface area contributed by atoms with Crippen molar-refractivity contribution in [3.63, 3.8) is 0 Å². The molecule has 1 unspecified atom stereocenters. The van der Waals surface area contributed by atoms with Crippen molar-refractivity contribution in [3.05, 3.63) is 12.7 Å². The second-order valence-electron chi connectivity index (χ2n) is 2.33. The van der Waals surface area contributed by atoms with Gasteiger partial charge in [0.05, 0.1) is 6.04 Å². The van der Waals surface area contributed by atoms with E-state index in [9.17, 15) is 0 Å². The molecular formula is C8H17NO2. The second-order valence-corrected chi connectivity index (χ2v) is 2.33. The third-order valence-corrected chi connectivity index (χ3v) is 1.46. The highest BCUT2D eigenvalue weighted by molar-refractivity contribution is 4.74. The molecule has 0 aromatic heterocycles. The van der Waals surface area contributed by atoms with E-state index in [2.05, 4.69) is 11.9 Å². The standard InChI is InChI=1S/C8H17NO2/c1-5-6-9-7(2)8(10-3)11-4/h5,7-9H,1,6H2,2-4H3. The van der Waals surface area contributed by atoms with Crippen LogP contribution in [0.5, 0.6) is 0 Å². The molecular weight excluding hydrogens is 142 g/mol. The SMILES string of the molecule is C=CCNC(C)C(OC)OC. The van der Waals surface area contributed by atoms with Crippen LogP contribution < -0.4 is 5.32 Å². The molecule has 3 heteroatoms. The molecule has 0 aliphatic heterocycles. The molecule has 0 fully saturated rings. The molecule has 0 aromatic rings. The lowest BCUT2D eigenvalue weighted by Gasteiger charge is -2.21. The zero-order valence-corrected chi connectivity index (χ0v) is 7.46.